The molecule has 3 aromatic rings. The van der Waals surface area contributed by atoms with Gasteiger partial charge >= 0.3 is 0 Å². The molecule has 2 N–H and O–H groups in total. The third kappa shape index (κ3) is 5.48. The number of aromatic nitrogens is 1. The fourth-order valence-electron chi connectivity index (χ4n) is 2.71. The number of carbonyl (C=O) groups excluding carboxylic acids is 1. The molecule has 0 bridgehead atoms. The molecule has 0 aliphatic heterocycles. The van der Waals surface area contributed by atoms with Crippen LogP contribution in [0.1, 0.15) is 11.1 Å². The SMILES string of the molecule is O=C(NCc1ccncc1)[C@H](Cc1ccccc1)NS(=O)(=O)c1ccccc1. The average molecular weight is 395 g/mol. The van der Waals surface area contributed by atoms with Crippen molar-refractivity contribution in [2.45, 2.75) is 23.9 Å². The van der Waals surface area contributed by atoms with E-state index in [1.807, 2.05) is 30.3 Å². The summed E-state index contributed by atoms with van der Waals surface area (Å²) in [5, 5.41) is 2.80. The molecule has 0 radical (unpaired) electrons. The van der Waals surface area contributed by atoms with E-state index in [9.17, 15) is 13.2 Å². The van der Waals surface area contributed by atoms with Crippen LogP contribution in [0.25, 0.3) is 0 Å². The number of pyridine rings is 1. The Hall–Kier alpha value is -3.03. The van der Waals surface area contributed by atoms with Crippen LogP contribution in [0.15, 0.2) is 90.1 Å². The molecule has 0 saturated heterocycles. The third-order valence-electron chi connectivity index (χ3n) is 4.17. The number of nitrogens with one attached hydrogen (secondary N) is 2. The summed E-state index contributed by atoms with van der Waals surface area (Å²) in [6.07, 6.45) is 3.52. The smallest absolute Gasteiger partial charge is 0.241 e. The van der Waals surface area contributed by atoms with E-state index < -0.39 is 16.1 Å². The highest BCUT2D eigenvalue weighted by molar-refractivity contribution is 7.89. The Kier molecular flexibility index (Phi) is 6.52. The highest BCUT2D eigenvalue weighted by atomic mass is 32.2. The van der Waals surface area contributed by atoms with E-state index in [4.69, 9.17) is 0 Å². The van der Waals surface area contributed by atoms with Crippen molar-refractivity contribution in [3.8, 4) is 0 Å². The quantitative estimate of drug-likeness (QED) is 0.613. The van der Waals surface area contributed by atoms with Crippen molar-refractivity contribution < 1.29 is 13.2 Å². The molecule has 1 heterocycles. The van der Waals surface area contributed by atoms with Crippen molar-refractivity contribution in [1.29, 1.82) is 0 Å². The van der Waals surface area contributed by atoms with E-state index in [-0.39, 0.29) is 17.2 Å². The van der Waals surface area contributed by atoms with Crippen LogP contribution in [-0.4, -0.2) is 25.4 Å². The molecule has 0 aliphatic carbocycles. The molecule has 1 aromatic heterocycles. The third-order valence-corrected chi connectivity index (χ3v) is 5.65. The van der Waals surface area contributed by atoms with Crippen molar-refractivity contribution in [3.05, 3.63) is 96.3 Å². The maximum Gasteiger partial charge on any atom is 0.241 e. The second-order valence-electron chi connectivity index (χ2n) is 6.25. The van der Waals surface area contributed by atoms with Crippen LogP contribution in [0.3, 0.4) is 0 Å². The summed E-state index contributed by atoms with van der Waals surface area (Å²) in [5.41, 5.74) is 1.75. The van der Waals surface area contributed by atoms with Gasteiger partial charge < -0.3 is 5.32 Å². The number of carbonyl (C=O) groups is 1. The number of hydrogen-bond donors (Lipinski definition) is 2. The zero-order chi connectivity index (χ0) is 19.8. The molecular weight excluding hydrogens is 374 g/mol. The van der Waals surface area contributed by atoms with Crippen LogP contribution in [0, 0.1) is 0 Å². The second-order valence-corrected chi connectivity index (χ2v) is 7.96. The van der Waals surface area contributed by atoms with Gasteiger partial charge in [0.2, 0.25) is 15.9 Å². The van der Waals surface area contributed by atoms with Gasteiger partial charge in [0.15, 0.2) is 0 Å². The lowest BCUT2D eigenvalue weighted by Gasteiger charge is -2.19. The van der Waals surface area contributed by atoms with E-state index in [1.54, 1.807) is 42.7 Å². The van der Waals surface area contributed by atoms with Crippen LogP contribution in [0.2, 0.25) is 0 Å². The predicted octanol–water partition coefficient (Wildman–Crippen LogP) is 2.29. The minimum atomic E-state index is -3.83. The van der Waals surface area contributed by atoms with E-state index in [0.717, 1.165) is 11.1 Å². The van der Waals surface area contributed by atoms with Gasteiger partial charge in [-0.1, -0.05) is 48.5 Å². The molecule has 2 aromatic carbocycles. The van der Waals surface area contributed by atoms with Crippen LogP contribution in [0.5, 0.6) is 0 Å². The number of benzene rings is 2. The number of sulfonamides is 1. The Morgan fingerprint density at radius 3 is 2.11 bits per heavy atom. The maximum atomic E-state index is 12.8. The number of amides is 1. The van der Waals surface area contributed by atoms with Gasteiger partial charge in [0, 0.05) is 18.9 Å². The lowest BCUT2D eigenvalue weighted by molar-refractivity contribution is -0.122. The maximum absolute atomic E-state index is 12.8. The molecule has 0 aliphatic rings. The van der Waals surface area contributed by atoms with E-state index in [0.29, 0.717) is 6.54 Å². The van der Waals surface area contributed by atoms with Crippen molar-refractivity contribution in [2.24, 2.45) is 0 Å². The summed E-state index contributed by atoms with van der Waals surface area (Å²) in [6.45, 7) is 0.291. The van der Waals surface area contributed by atoms with Gasteiger partial charge in [-0.25, -0.2) is 8.42 Å². The summed E-state index contributed by atoms with van der Waals surface area (Å²) in [4.78, 5) is 16.8. The Morgan fingerprint density at radius 2 is 1.46 bits per heavy atom. The lowest BCUT2D eigenvalue weighted by atomic mass is 10.1. The molecule has 7 heteroatoms. The molecule has 0 unspecified atom stereocenters. The van der Waals surface area contributed by atoms with Crippen LogP contribution < -0.4 is 10.0 Å². The molecule has 0 spiro atoms. The highest BCUT2D eigenvalue weighted by Crippen LogP contribution is 2.11. The van der Waals surface area contributed by atoms with Gasteiger partial charge in [-0.15, -0.1) is 0 Å². The molecule has 0 fully saturated rings. The topological polar surface area (TPSA) is 88.2 Å². The first-order chi connectivity index (χ1) is 13.5. The van der Waals surface area contributed by atoms with Gasteiger partial charge in [0.25, 0.3) is 0 Å². The van der Waals surface area contributed by atoms with E-state index >= 15 is 0 Å². The Morgan fingerprint density at radius 1 is 0.857 bits per heavy atom. The molecular formula is C21H21N3O3S. The Balaban J connectivity index is 1.77. The zero-order valence-corrected chi connectivity index (χ0v) is 16.0. The number of nitrogens with zero attached hydrogens (tertiary/aromatic N) is 1. The zero-order valence-electron chi connectivity index (χ0n) is 15.2. The summed E-state index contributed by atoms with van der Waals surface area (Å²) >= 11 is 0. The first-order valence-corrected chi connectivity index (χ1v) is 10.3. The van der Waals surface area contributed by atoms with Crippen molar-refractivity contribution >= 4 is 15.9 Å². The summed E-state index contributed by atoms with van der Waals surface area (Å²) < 4.78 is 28.0. The first-order valence-electron chi connectivity index (χ1n) is 8.82. The van der Waals surface area contributed by atoms with Crippen molar-refractivity contribution in [2.75, 3.05) is 0 Å². The minimum Gasteiger partial charge on any atom is -0.351 e. The molecule has 6 nitrogen and oxygen atoms in total. The minimum absolute atomic E-state index is 0.120. The van der Waals surface area contributed by atoms with Gasteiger partial charge in [-0.2, -0.15) is 4.72 Å². The first kappa shape index (κ1) is 19.7. The van der Waals surface area contributed by atoms with E-state index in [2.05, 4.69) is 15.0 Å². The molecule has 1 atom stereocenters. The fourth-order valence-corrected chi connectivity index (χ4v) is 3.92. The standard InChI is InChI=1S/C21H21N3O3S/c25-21(23-16-18-11-13-22-14-12-18)20(15-17-7-3-1-4-8-17)24-28(26,27)19-9-5-2-6-10-19/h1-14,20,24H,15-16H2,(H,23,25)/t20-/m0/s1. The second kappa shape index (κ2) is 9.25. The van der Waals surface area contributed by atoms with Gasteiger partial charge in [-0.3, -0.25) is 9.78 Å². The van der Waals surface area contributed by atoms with E-state index in [1.165, 1.54) is 12.1 Å². The fraction of sp³-hybridized carbons (Fsp3) is 0.143. The predicted molar refractivity (Wildman–Crippen MR) is 107 cm³/mol. The lowest BCUT2D eigenvalue weighted by Crippen LogP contribution is -2.47. The molecule has 1 amide bonds. The van der Waals surface area contributed by atoms with Crippen molar-refractivity contribution in [1.82, 2.24) is 15.0 Å². The molecule has 144 valence electrons. The largest absolute Gasteiger partial charge is 0.351 e. The monoisotopic (exact) mass is 395 g/mol. The Bertz CT molecular complexity index is 995. The number of rotatable bonds is 8. The Labute approximate surface area is 164 Å². The van der Waals surface area contributed by atoms with Gasteiger partial charge in [0.1, 0.15) is 6.04 Å². The van der Waals surface area contributed by atoms with Gasteiger partial charge in [0.05, 0.1) is 4.90 Å². The molecule has 28 heavy (non-hydrogen) atoms. The summed E-state index contributed by atoms with van der Waals surface area (Å²) in [7, 11) is -3.83. The summed E-state index contributed by atoms with van der Waals surface area (Å²) in [6, 6.07) is 20.0. The van der Waals surface area contributed by atoms with Crippen molar-refractivity contribution in [3.63, 3.8) is 0 Å². The van der Waals surface area contributed by atoms with Gasteiger partial charge in [-0.05, 0) is 41.8 Å². The number of hydrogen-bond acceptors (Lipinski definition) is 4. The van der Waals surface area contributed by atoms with Crippen LogP contribution >= 0.6 is 0 Å². The highest BCUT2D eigenvalue weighted by Gasteiger charge is 2.25. The molecule has 0 saturated carbocycles. The normalized spacial score (nSPS) is 12.3. The van der Waals surface area contributed by atoms with Crippen LogP contribution in [-0.2, 0) is 27.8 Å². The average Bonchev–Trinajstić information content (AvgIpc) is 2.73. The van der Waals surface area contributed by atoms with Crippen LogP contribution in [0.4, 0.5) is 0 Å². The summed E-state index contributed by atoms with van der Waals surface area (Å²) in [5.74, 6) is -0.389. The molecule has 3 rings (SSSR count).